The zero-order chi connectivity index (χ0) is 24.0. The fraction of sp³-hybridized carbons (Fsp3) is 0.304. The predicted molar refractivity (Wildman–Crippen MR) is 131 cm³/mol. The van der Waals surface area contributed by atoms with Gasteiger partial charge in [0.05, 0.1) is 36.4 Å². The molecule has 0 saturated heterocycles. The van der Waals surface area contributed by atoms with Crippen molar-refractivity contribution >= 4 is 51.8 Å². The number of halogens is 1. The van der Waals surface area contributed by atoms with Crippen molar-refractivity contribution in [2.45, 2.75) is 25.5 Å². The predicted octanol–water partition coefficient (Wildman–Crippen LogP) is 3.16. The molecule has 0 spiro atoms. The lowest BCUT2D eigenvalue weighted by molar-refractivity contribution is -0.122. The summed E-state index contributed by atoms with van der Waals surface area (Å²) in [6.45, 7) is 4.27. The highest BCUT2D eigenvalue weighted by molar-refractivity contribution is 7.99. The number of thioether (sulfide) groups is 1. The Morgan fingerprint density at radius 3 is 2.58 bits per heavy atom. The largest absolute Gasteiger partial charge is 0.383 e. The Hall–Kier alpha value is -2.88. The Labute approximate surface area is 200 Å². The van der Waals surface area contributed by atoms with Crippen LogP contribution in [0, 0.1) is 13.8 Å². The van der Waals surface area contributed by atoms with Crippen LogP contribution in [-0.4, -0.2) is 47.4 Å². The fourth-order valence-corrected chi connectivity index (χ4v) is 4.24. The van der Waals surface area contributed by atoms with Crippen molar-refractivity contribution in [2.75, 3.05) is 31.3 Å². The molecule has 2 aromatic carbocycles. The van der Waals surface area contributed by atoms with E-state index in [4.69, 9.17) is 16.3 Å². The maximum atomic E-state index is 12.9. The van der Waals surface area contributed by atoms with Crippen LogP contribution in [-0.2, 0) is 20.9 Å². The van der Waals surface area contributed by atoms with Crippen LogP contribution in [0.25, 0.3) is 10.9 Å². The molecule has 0 fully saturated rings. The van der Waals surface area contributed by atoms with Gasteiger partial charge in [0, 0.05) is 17.8 Å². The van der Waals surface area contributed by atoms with Gasteiger partial charge in [0.25, 0.3) is 5.56 Å². The Morgan fingerprint density at radius 2 is 1.88 bits per heavy atom. The SMILES string of the molecule is COCCn1c(SCC(=O)NCC(=O)Nc2c(C)cccc2C)nc2cc(Cl)ccc2c1=O. The molecular weight excluding hydrogens is 464 g/mol. The molecule has 8 nitrogen and oxygen atoms in total. The van der Waals surface area contributed by atoms with E-state index in [-0.39, 0.29) is 29.7 Å². The Kier molecular flexibility index (Phi) is 8.49. The normalized spacial score (nSPS) is 10.9. The summed E-state index contributed by atoms with van der Waals surface area (Å²) in [6, 6.07) is 10.6. The summed E-state index contributed by atoms with van der Waals surface area (Å²) < 4.78 is 6.58. The van der Waals surface area contributed by atoms with Crippen molar-refractivity contribution in [2.24, 2.45) is 0 Å². The summed E-state index contributed by atoms with van der Waals surface area (Å²) in [5.41, 5.74) is 2.86. The van der Waals surface area contributed by atoms with Crippen LogP contribution in [0.5, 0.6) is 0 Å². The van der Waals surface area contributed by atoms with E-state index < -0.39 is 0 Å². The number of carbonyl (C=O) groups is 2. The van der Waals surface area contributed by atoms with Crippen LogP contribution in [0.3, 0.4) is 0 Å². The number of para-hydroxylation sites is 1. The van der Waals surface area contributed by atoms with Crippen molar-refractivity contribution in [3.05, 3.63) is 62.9 Å². The van der Waals surface area contributed by atoms with Gasteiger partial charge in [-0.3, -0.25) is 19.0 Å². The molecule has 2 amide bonds. The molecule has 0 unspecified atom stereocenters. The number of nitrogens with one attached hydrogen (secondary N) is 2. The number of aromatic nitrogens is 2. The minimum Gasteiger partial charge on any atom is -0.383 e. The number of anilines is 1. The van der Waals surface area contributed by atoms with Gasteiger partial charge in [0.1, 0.15) is 0 Å². The minimum absolute atomic E-state index is 0.0117. The van der Waals surface area contributed by atoms with Crippen molar-refractivity contribution in [1.82, 2.24) is 14.9 Å². The second-order valence-corrected chi connectivity index (χ2v) is 8.76. The first-order chi connectivity index (χ1) is 15.8. The van der Waals surface area contributed by atoms with Crippen LogP contribution >= 0.6 is 23.4 Å². The van der Waals surface area contributed by atoms with E-state index in [1.165, 1.54) is 4.57 Å². The van der Waals surface area contributed by atoms with Crippen LogP contribution in [0.2, 0.25) is 5.02 Å². The third-order valence-electron chi connectivity index (χ3n) is 4.93. The van der Waals surface area contributed by atoms with Gasteiger partial charge in [-0.05, 0) is 43.2 Å². The molecule has 0 radical (unpaired) electrons. The molecule has 0 aliphatic rings. The highest BCUT2D eigenvalue weighted by atomic mass is 35.5. The Bertz CT molecular complexity index is 1220. The lowest BCUT2D eigenvalue weighted by atomic mass is 10.1. The average molecular weight is 489 g/mol. The number of hydrogen-bond acceptors (Lipinski definition) is 6. The minimum atomic E-state index is -0.351. The number of fused-ring (bicyclic) bond motifs is 1. The standard InChI is InChI=1S/C23H25ClN4O4S/c1-14-5-4-6-15(2)21(14)27-19(29)12-25-20(30)13-33-23-26-18-11-16(24)7-8-17(18)22(31)28(23)9-10-32-3/h4-8,11H,9-10,12-13H2,1-3H3,(H,25,30)(H,27,29). The molecule has 3 rings (SSSR count). The third kappa shape index (κ3) is 6.34. The molecule has 10 heteroatoms. The van der Waals surface area contributed by atoms with Gasteiger partial charge < -0.3 is 15.4 Å². The number of ether oxygens (including phenoxy) is 1. The van der Waals surface area contributed by atoms with Gasteiger partial charge in [-0.1, -0.05) is 41.6 Å². The number of amides is 2. The average Bonchev–Trinajstić information content (AvgIpc) is 2.78. The number of hydrogen-bond donors (Lipinski definition) is 2. The first-order valence-electron chi connectivity index (χ1n) is 10.2. The Balaban J connectivity index is 1.66. The summed E-state index contributed by atoms with van der Waals surface area (Å²) in [7, 11) is 1.54. The molecule has 174 valence electrons. The highest BCUT2D eigenvalue weighted by Gasteiger charge is 2.15. The van der Waals surface area contributed by atoms with E-state index in [0.29, 0.717) is 34.2 Å². The molecule has 1 heterocycles. The number of aryl methyl sites for hydroxylation is 2. The van der Waals surface area contributed by atoms with Gasteiger partial charge in [0.15, 0.2) is 5.16 Å². The molecule has 3 aromatic rings. The van der Waals surface area contributed by atoms with Crippen molar-refractivity contribution in [1.29, 1.82) is 0 Å². The van der Waals surface area contributed by atoms with E-state index in [2.05, 4.69) is 15.6 Å². The first kappa shape index (κ1) is 24.8. The van der Waals surface area contributed by atoms with E-state index >= 15 is 0 Å². The molecule has 0 aliphatic carbocycles. The molecule has 0 atom stereocenters. The van der Waals surface area contributed by atoms with Gasteiger partial charge in [-0.15, -0.1) is 0 Å². The number of nitrogens with zero attached hydrogens (tertiary/aromatic N) is 2. The Morgan fingerprint density at radius 1 is 1.15 bits per heavy atom. The highest BCUT2D eigenvalue weighted by Crippen LogP contribution is 2.21. The van der Waals surface area contributed by atoms with Crippen molar-refractivity contribution in [3.8, 4) is 0 Å². The summed E-state index contributed by atoms with van der Waals surface area (Å²) >= 11 is 7.16. The molecule has 33 heavy (non-hydrogen) atoms. The summed E-state index contributed by atoms with van der Waals surface area (Å²) in [6.07, 6.45) is 0. The van der Waals surface area contributed by atoms with E-state index in [9.17, 15) is 14.4 Å². The van der Waals surface area contributed by atoms with Gasteiger partial charge in [-0.25, -0.2) is 4.98 Å². The number of methoxy groups -OCH3 is 1. The monoisotopic (exact) mass is 488 g/mol. The zero-order valence-corrected chi connectivity index (χ0v) is 20.2. The maximum Gasteiger partial charge on any atom is 0.262 e. The van der Waals surface area contributed by atoms with E-state index in [0.717, 1.165) is 28.6 Å². The molecule has 1 aromatic heterocycles. The van der Waals surface area contributed by atoms with Gasteiger partial charge >= 0.3 is 0 Å². The lowest BCUT2D eigenvalue weighted by Gasteiger charge is -2.13. The quantitative estimate of drug-likeness (QED) is 0.354. The zero-order valence-electron chi connectivity index (χ0n) is 18.6. The van der Waals surface area contributed by atoms with Crippen molar-refractivity contribution in [3.63, 3.8) is 0 Å². The van der Waals surface area contributed by atoms with Crippen molar-refractivity contribution < 1.29 is 14.3 Å². The molecule has 0 aliphatic heterocycles. The number of benzene rings is 2. The topological polar surface area (TPSA) is 102 Å². The van der Waals surface area contributed by atoms with Crippen LogP contribution in [0.15, 0.2) is 46.3 Å². The van der Waals surface area contributed by atoms with Gasteiger partial charge in [0.2, 0.25) is 11.8 Å². The third-order valence-corrected chi connectivity index (χ3v) is 6.14. The first-order valence-corrected chi connectivity index (χ1v) is 11.6. The lowest BCUT2D eigenvalue weighted by Crippen LogP contribution is -2.34. The van der Waals surface area contributed by atoms with E-state index in [1.54, 1.807) is 25.3 Å². The summed E-state index contributed by atoms with van der Waals surface area (Å²) in [4.78, 5) is 42.1. The molecular formula is C23H25ClN4O4S. The molecule has 2 N–H and O–H groups in total. The summed E-state index contributed by atoms with van der Waals surface area (Å²) in [5.74, 6) is -0.682. The second kappa shape index (κ2) is 11.3. The number of rotatable bonds is 9. The summed E-state index contributed by atoms with van der Waals surface area (Å²) in [5, 5.41) is 6.71. The van der Waals surface area contributed by atoms with E-state index in [1.807, 2.05) is 32.0 Å². The smallest absolute Gasteiger partial charge is 0.262 e. The van der Waals surface area contributed by atoms with Crippen LogP contribution < -0.4 is 16.2 Å². The number of carbonyl (C=O) groups excluding carboxylic acids is 2. The molecule has 0 bridgehead atoms. The van der Waals surface area contributed by atoms with Gasteiger partial charge in [-0.2, -0.15) is 0 Å². The molecule has 0 saturated carbocycles. The fourth-order valence-electron chi connectivity index (χ4n) is 3.22. The second-order valence-electron chi connectivity index (χ2n) is 7.39. The van der Waals surface area contributed by atoms with Crippen LogP contribution in [0.1, 0.15) is 11.1 Å². The van der Waals surface area contributed by atoms with Crippen LogP contribution in [0.4, 0.5) is 5.69 Å². The maximum absolute atomic E-state index is 12.9.